The van der Waals surface area contributed by atoms with Crippen molar-refractivity contribution in [2.24, 2.45) is 0 Å². The van der Waals surface area contributed by atoms with Crippen LogP contribution in [0, 0.1) is 0 Å². The van der Waals surface area contributed by atoms with Crippen LogP contribution in [-0.2, 0) is 0 Å². The first-order chi connectivity index (χ1) is 8.48. The molecule has 0 aliphatic heterocycles. The molecule has 7 heteroatoms. The summed E-state index contributed by atoms with van der Waals surface area (Å²) < 4.78 is 39.5. The fourth-order valence-corrected chi connectivity index (χ4v) is 1.36. The van der Waals surface area contributed by atoms with Crippen LogP contribution in [0.5, 0.6) is 5.75 Å². The van der Waals surface area contributed by atoms with Crippen molar-refractivity contribution in [2.75, 3.05) is 0 Å². The maximum Gasteiger partial charge on any atom is 0.573 e. The Labute approximate surface area is 99.4 Å². The van der Waals surface area contributed by atoms with E-state index in [2.05, 4.69) is 14.7 Å². The maximum atomic E-state index is 11.9. The second-order valence-corrected chi connectivity index (χ2v) is 3.36. The summed E-state index contributed by atoms with van der Waals surface area (Å²) in [6, 6.07) is 5.17. The van der Waals surface area contributed by atoms with E-state index in [1.54, 1.807) is 0 Å². The number of nitrogens with zero attached hydrogens (tertiary/aromatic N) is 1. The first-order valence-electron chi connectivity index (χ1n) is 4.85. The van der Waals surface area contributed by atoms with Gasteiger partial charge in [0.15, 0.2) is 6.29 Å². The number of ether oxygens (including phenoxy) is 1. The predicted molar refractivity (Wildman–Crippen MR) is 56.1 cm³/mol. The minimum atomic E-state index is -4.71. The van der Waals surface area contributed by atoms with E-state index < -0.39 is 6.36 Å². The number of aromatic nitrogens is 2. The van der Waals surface area contributed by atoms with Crippen LogP contribution in [-0.4, -0.2) is 22.6 Å². The molecule has 4 nitrogen and oxygen atoms in total. The Kier molecular flexibility index (Phi) is 3.05. The molecular weight excluding hydrogens is 249 g/mol. The summed E-state index contributed by atoms with van der Waals surface area (Å²) in [5.41, 5.74) is 0.776. The number of hydrogen-bond acceptors (Lipinski definition) is 3. The molecule has 0 spiro atoms. The number of benzene rings is 1. The minimum absolute atomic E-state index is 0.223. The Morgan fingerprint density at radius 1 is 1.22 bits per heavy atom. The van der Waals surface area contributed by atoms with E-state index in [0.29, 0.717) is 17.7 Å². The second-order valence-electron chi connectivity index (χ2n) is 3.36. The number of hydrogen-bond donors (Lipinski definition) is 1. The van der Waals surface area contributed by atoms with Gasteiger partial charge >= 0.3 is 6.36 Å². The monoisotopic (exact) mass is 256 g/mol. The third-order valence-corrected chi connectivity index (χ3v) is 2.08. The van der Waals surface area contributed by atoms with Crippen molar-refractivity contribution < 1.29 is 22.7 Å². The lowest BCUT2D eigenvalue weighted by molar-refractivity contribution is -0.274. The highest BCUT2D eigenvalue weighted by Crippen LogP contribution is 2.25. The fraction of sp³-hybridized carbons (Fsp3) is 0.0909. The first-order valence-corrected chi connectivity index (χ1v) is 4.85. The Balaban J connectivity index is 2.19. The van der Waals surface area contributed by atoms with Gasteiger partial charge < -0.3 is 9.72 Å². The third kappa shape index (κ3) is 2.88. The van der Waals surface area contributed by atoms with Crippen molar-refractivity contribution in [3.05, 3.63) is 36.2 Å². The number of H-pyrrole nitrogens is 1. The zero-order valence-corrected chi connectivity index (χ0v) is 8.86. The quantitative estimate of drug-likeness (QED) is 0.859. The molecule has 0 fully saturated rings. The van der Waals surface area contributed by atoms with Crippen LogP contribution < -0.4 is 4.74 Å². The molecule has 1 aromatic carbocycles. The molecule has 1 heterocycles. The molecular formula is C11H7F3N2O2. The Morgan fingerprint density at radius 3 is 2.39 bits per heavy atom. The van der Waals surface area contributed by atoms with Crippen LogP contribution >= 0.6 is 0 Å². The smallest absolute Gasteiger partial charge is 0.406 e. The van der Waals surface area contributed by atoms with Crippen molar-refractivity contribution in [3.63, 3.8) is 0 Å². The van der Waals surface area contributed by atoms with Gasteiger partial charge in [-0.15, -0.1) is 13.2 Å². The highest BCUT2D eigenvalue weighted by Gasteiger charge is 2.30. The fourth-order valence-electron chi connectivity index (χ4n) is 1.36. The van der Waals surface area contributed by atoms with Crippen molar-refractivity contribution in [3.8, 4) is 17.1 Å². The molecule has 0 atom stereocenters. The summed E-state index contributed by atoms with van der Waals surface area (Å²) >= 11 is 0. The number of imidazole rings is 1. The zero-order valence-electron chi connectivity index (χ0n) is 8.86. The van der Waals surface area contributed by atoms with E-state index in [1.165, 1.54) is 30.5 Å². The normalized spacial score (nSPS) is 11.3. The number of carbonyl (C=O) groups is 1. The number of halogens is 3. The maximum absolute atomic E-state index is 11.9. The van der Waals surface area contributed by atoms with Crippen molar-refractivity contribution in [2.45, 2.75) is 6.36 Å². The van der Waals surface area contributed by atoms with Crippen LogP contribution in [0.15, 0.2) is 30.5 Å². The molecule has 1 N–H and O–H groups in total. The van der Waals surface area contributed by atoms with Gasteiger partial charge in [0.25, 0.3) is 0 Å². The average Bonchev–Trinajstić information content (AvgIpc) is 2.76. The lowest BCUT2D eigenvalue weighted by atomic mass is 10.2. The van der Waals surface area contributed by atoms with Crippen LogP contribution in [0.3, 0.4) is 0 Å². The van der Waals surface area contributed by atoms with E-state index in [1.807, 2.05) is 0 Å². The topological polar surface area (TPSA) is 55.0 Å². The van der Waals surface area contributed by atoms with Gasteiger partial charge in [0.2, 0.25) is 0 Å². The molecule has 0 bridgehead atoms. The SMILES string of the molecule is O=Cc1c[nH]c(-c2ccc(OC(F)(F)F)cc2)n1. The van der Waals surface area contributed by atoms with Crippen LogP contribution in [0.2, 0.25) is 0 Å². The van der Waals surface area contributed by atoms with Gasteiger partial charge in [-0.2, -0.15) is 0 Å². The van der Waals surface area contributed by atoms with Gasteiger partial charge in [0, 0.05) is 11.8 Å². The number of carbonyl (C=O) groups excluding carboxylic acids is 1. The van der Waals surface area contributed by atoms with E-state index in [9.17, 15) is 18.0 Å². The van der Waals surface area contributed by atoms with Crippen LogP contribution in [0.1, 0.15) is 10.5 Å². The summed E-state index contributed by atoms with van der Waals surface area (Å²) in [6.45, 7) is 0. The lowest BCUT2D eigenvalue weighted by Crippen LogP contribution is -2.16. The molecule has 0 saturated carbocycles. The van der Waals surface area contributed by atoms with Crippen LogP contribution in [0.25, 0.3) is 11.4 Å². The van der Waals surface area contributed by atoms with E-state index >= 15 is 0 Å². The summed E-state index contributed by atoms with van der Waals surface area (Å²) in [5.74, 6) is 0.0871. The zero-order chi connectivity index (χ0) is 13.2. The van der Waals surface area contributed by atoms with Crippen molar-refractivity contribution >= 4 is 6.29 Å². The molecule has 0 saturated heterocycles. The second kappa shape index (κ2) is 4.52. The van der Waals surface area contributed by atoms with Gasteiger partial charge in [-0.25, -0.2) is 4.98 Å². The van der Waals surface area contributed by atoms with Crippen molar-refractivity contribution in [1.29, 1.82) is 0 Å². The number of alkyl halides is 3. The Bertz CT molecular complexity index is 546. The molecule has 0 unspecified atom stereocenters. The number of aldehydes is 1. The lowest BCUT2D eigenvalue weighted by Gasteiger charge is -2.08. The molecule has 2 rings (SSSR count). The molecule has 0 radical (unpaired) electrons. The van der Waals surface area contributed by atoms with Crippen molar-refractivity contribution in [1.82, 2.24) is 9.97 Å². The largest absolute Gasteiger partial charge is 0.573 e. The van der Waals surface area contributed by atoms with Gasteiger partial charge in [-0.1, -0.05) is 0 Å². The number of aromatic amines is 1. The van der Waals surface area contributed by atoms with E-state index in [-0.39, 0.29) is 11.4 Å². The summed E-state index contributed by atoms with van der Waals surface area (Å²) in [6.07, 6.45) is -2.74. The molecule has 0 aliphatic carbocycles. The van der Waals surface area contributed by atoms with Crippen LogP contribution in [0.4, 0.5) is 13.2 Å². The number of nitrogens with one attached hydrogen (secondary N) is 1. The molecule has 0 aliphatic rings. The molecule has 18 heavy (non-hydrogen) atoms. The average molecular weight is 256 g/mol. The van der Waals surface area contributed by atoms with Gasteiger partial charge in [0.05, 0.1) is 0 Å². The molecule has 2 aromatic rings. The molecule has 0 amide bonds. The third-order valence-electron chi connectivity index (χ3n) is 2.08. The minimum Gasteiger partial charge on any atom is -0.406 e. The van der Waals surface area contributed by atoms with E-state index in [0.717, 1.165) is 0 Å². The summed E-state index contributed by atoms with van der Waals surface area (Å²) in [7, 11) is 0. The highest BCUT2D eigenvalue weighted by atomic mass is 19.4. The molecule has 94 valence electrons. The Morgan fingerprint density at radius 2 is 1.89 bits per heavy atom. The highest BCUT2D eigenvalue weighted by molar-refractivity contribution is 5.73. The van der Waals surface area contributed by atoms with Gasteiger partial charge in [-0.3, -0.25) is 4.79 Å². The first kappa shape index (κ1) is 12.2. The summed E-state index contributed by atoms with van der Waals surface area (Å²) in [4.78, 5) is 17.1. The molecule has 1 aromatic heterocycles. The predicted octanol–water partition coefficient (Wildman–Crippen LogP) is 2.79. The van der Waals surface area contributed by atoms with Gasteiger partial charge in [-0.05, 0) is 24.3 Å². The van der Waals surface area contributed by atoms with E-state index in [4.69, 9.17) is 0 Å². The number of rotatable bonds is 3. The van der Waals surface area contributed by atoms with Gasteiger partial charge in [0.1, 0.15) is 17.3 Å². The standard InChI is InChI=1S/C11H7F3N2O2/c12-11(13,14)18-9-3-1-7(2-4-9)10-15-5-8(6-17)16-10/h1-6H,(H,15,16). The Hall–Kier alpha value is -2.31. The summed E-state index contributed by atoms with van der Waals surface area (Å²) in [5, 5.41) is 0.